The summed E-state index contributed by atoms with van der Waals surface area (Å²) in [5.41, 5.74) is -0.0775. The molecular formula is C13H12N2O4S. The minimum atomic E-state index is -3.10. The molecule has 1 atom stereocenters. The van der Waals surface area contributed by atoms with E-state index in [1.165, 1.54) is 31.3 Å². The number of nitro groups is 1. The van der Waals surface area contributed by atoms with Gasteiger partial charge in [0.05, 0.1) is 9.82 Å². The fourth-order valence-corrected chi connectivity index (χ4v) is 2.77. The highest BCUT2D eigenvalue weighted by molar-refractivity contribution is 7.89. The zero-order valence-electron chi connectivity index (χ0n) is 10.6. The normalized spacial score (nSPS) is 13.2. The molecule has 0 aliphatic rings. The Balaban J connectivity index is 2.36. The largest absolute Gasteiger partial charge is 0.392 e. The van der Waals surface area contributed by atoms with E-state index in [9.17, 15) is 14.3 Å². The molecule has 0 N–H and O–H groups in total. The van der Waals surface area contributed by atoms with E-state index in [-0.39, 0.29) is 10.6 Å². The SMILES string of the molecule is CN=[S@](=O)(Oc1ccccc1)c1ccc([N+](=O)[O-])cc1. The number of non-ortho nitro benzene ring substituents is 1. The fourth-order valence-electron chi connectivity index (χ4n) is 1.54. The first-order chi connectivity index (χ1) is 9.55. The standard InChI is InChI=1S/C13H12N2O4S/c1-14-20(18,19-12-5-3-2-4-6-12)13-9-7-11(8-10-13)15(16)17/h2-10H,1H3/t20-/m1/s1. The van der Waals surface area contributed by atoms with Crippen LogP contribution >= 0.6 is 0 Å². The molecule has 0 saturated carbocycles. The lowest BCUT2D eigenvalue weighted by Gasteiger charge is -2.11. The Kier molecular flexibility index (Phi) is 3.99. The van der Waals surface area contributed by atoms with Gasteiger partial charge in [0, 0.05) is 19.2 Å². The summed E-state index contributed by atoms with van der Waals surface area (Å²) in [6, 6.07) is 14.0. The van der Waals surface area contributed by atoms with Gasteiger partial charge in [-0.25, -0.2) is 8.57 Å². The lowest BCUT2D eigenvalue weighted by molar-refractivity contribution is -0.384. The highest BCUT2D eigenvalue weighted by Gasteiger charge is 2.15. The Bertz CT molecular complexity index is 720. The van der Waals surface area contributed by atoms with Gasteiger partial charge in [-0.05, 0) is 24.3 Å². The van der Waals surface area contributed by atoms with Gasteiger partial charge in [0.1, 0.15) is 5.75 Å². The Morgan fingerprint density at radius 3 is 2.20 bits per heavy atom. The van der Waals surface area contributed by atoms with Gasteiger partial charge in [0.15, 0.2) is 0 Å². The maximum atomic E-state index is 12.6. The van der Waals surface area contributed by atoms with Gasteiger partial charge in [0.2, 0.25) is 10.0 Å². The summed E-state index contributed by atoms with van der Waals surface area (Å²) in [4.78, 5) is 10.4. The molecule has 0 heterocycles. The number of benzene rings is 2. The quantitative estimate of drug-likeness (QED) is 0.640. The van der Waals surface area contributed by atoms with Crippen molar-refractivity contribution in [2.45, 2.75) is 4.90 Å². The lowest BCUT2D eigenvalue weighted by Crippen LogP contribution is -2.09. The van der Waals surface area contributed by atoms with E-state index in [0.717, 1.165) is 0 Å². The highest BCUT2D eigenvalue weighted by atomic mass is 32.2. The molecule has 7 heteroatoms. The van der Waals surface area contributed by atoms with Crippen molar-refractivity contribution in [3.8, 4) is 5.75 Å². The van der Waals surface area contributed by atoms with Crippen molar-refractivity contribution in [3.63, 3.8) is 0 Å². The first-order valence-corrected chi connectivity index (χ1v) is 7.13. The second kappa shape index (κ2) is 5.70. The van der Waals surface area contributed by atoms with Gasteiger partial charge in [-0.3, -0.25) is 10.1 Å². The molecule has 104 valence electrons. The van der Waals surface area contributed by atoms with Crippen molar-refractivity contribution in [3.05, 3.63) is 64.7 Å². The second-order valence-electron chi connectivity index (χ2n) is 3.81. The molecule has 0 bridgehead atoms. The molecule has 0 spiro atoms. The highest BCUT2D eigenvalue weighted by Crippen LogP contribution is 2.22. The first-order valence-electron chi connectivity index (χ1n) is 5.69. The van der Waals surface area contributed by atoms with E-state index < -0.39 is 14.9 Å². The van der Waals surface area contributed by atoms with Gasteiger partial charge in [-0.2, -0.15) is 0 Å². The van der Waals surface area contributed by atoms with Crippen molar-refractivity contribution in [2.24, 2.45) is 4.36 Å². The smallest absolute Gasteiger partial charge is 0.269 e. The van der Waals surface area contributed by atoms with Crippen LogP contribution in [0.4, 0.5) is 5.69 Å². The van der Waals surface area contributed by atoms with Crippen LogP contribution in [0.5, 0.6) is 5.75 Å². The Morgan fingerprint density at radius 2 is 1.70 bits per heavy atom. The number of rotatable bonds is 4. The van der Waals surface area contributed by atoms with Crippen molar-refractivity contribution >= 4 is 15.7 Å². The van der Waals surface area contributed by atoms with Gasteiger partial charge in [0.25, 0.3) is 5.69 Å². The van der Waals surface area contributed by atoms with E-state index in [1.54, 1.807) is 24.3 Å². The third kappa shape index (κ3) is 2.94. The van der Waals surface area contributed by atoms with Gasteiger partial charge in [-0.15, -0.1) is 0 Å². The molecule has 2 aromatic carbocycles. The number of nitrogens with zero attached hydrogens (tertiary/aromatic N) is 2. The number of para-hydroxylation sites is 1. The Morgan fingerprint density at radius 1 is 1.10 bits per heavy atom. The third-order valence-corrected chi connectivity index (χ3v) is 4.31. The van der Waals surface area contributed by atoms with E-state index >= 15 is 0 Å². The molecular weight excluding hydrogens is 280 g/mol. The predicted octanol–water partition coefficient (Wildman–Crippen LogP) is 3.05. The molecule has 0 radical (unpaired) electrons. The molecule has 2 aromatic rings. The average molecular weight is 292 g/mol. The summed E-state index contributed by atoms with van der Waals surface area (Å²) in [5, 5.41) is 10.6. The maximum Gasteiger partial charge on any atom is 0.269 e. The zero-order chi connectivity index (χ0) is 14.6. The van der Waals surface area contributed by atoms with E-state index in [0.29, 0.717) is 5.75 Å². The Hall–Kier alpha value is -2.41. The van der Waals surface area contributed by atoms with Crippen LogP contribution in [0.15, 0.2) is 63.9 Å². The maximum absolute atomic E-state index is 12.6. The lowest BCUT2D eigenvalue weighted by atomic mass is 10.3. The van der Waals surface area contributed by atoms with Crippen molar-refractivity contribution < 1.29 is 13.3 Å². The number of nitro benzene ring substituents is 1. The monoisotopic (exact) mass is 292 g/mol. The molecule has 0 aliphatic heterocycles. The van der Waals surface area contributed by atoms with E-state index in [1.807, 2.05) is 6.07 Å². The summed E-state index contributed by atoms with van der Waals surface area (Å²) in [7, 11) is -1.72. The molecule has 20 heavy (non-hydrogen) atoms. The summed E-state index contributed by atoms with van der Waals surface area (Å²) in [6.45, 7) is 0. The van der Waals surface area contributed by atoms with Crippen molar-refractivity contribution in [1.82, 2.24) is 0 Å². The number of hydrogen-bond acceptors (Lipinski definition) is 5. The molecule has 6 nitrogen and oxygen atoms in total. The second-order valence-corrected chi connectivity index (χ2v) is 5.76. The zero-order valence-corrected chi connectivity index (χ0v) is 11.4. The summed E-state index contributed by atoms with van der Waals surface area (Å²) >= 11 is 0. The van der Waals surface area contributed by atoms with Gasteiger partial charge < -0.3 is 4.18 Å². The van der Waals surface area contributed by atoms with Crippen LogP contribution < -0.4 is 4.18 Å². The molecule has 0 aromatic heterocycles. The summed E-state index contributed by atoms with van der Waals surface area (Å²) < 4.78 is 21.9. The van der Waals surface area contributed by atoms with Gasteiger partial charge >= 0.3 is 0 Å². The minimum absolute atomic E-state index is 0.0775. The number of hydrogen-bond donors (Lipinski definition) is 0. The topological polar surface area (TPSA) is 81.8 Å². The van der Waals surface area contributed by atoms with Crippen LogP contribution in [-0.4, -0.2) is 16.2 Å². The van der Waals surface area contributed by atoms with Crippen LogP contribution in [0.3, 0.4) is 0 Å². The first kappa shape index (κ1) is 14.0. The fraction of sp³-hybridized carbons (Fsp3) is 0.0769. The minimum Gasteiger partial charge on any atom is -0.392 e. The van der Waals surface area contributed by atoms with Crippen LogP contribution in [0.25, 0.3) is 0 Å². The Labute approximate surface area is 116 Å². The molecule has 2 rings (SSSR count). The van der Waals surface area contributed by atoms with E-state index in [2.05, 4.69) is 4.36 Å². The van der Waals surface area contributed by atoms with Crippen LogP contribution in [0.1, 0.15) is 0 Å². The molecule has 0 fully saturated rings. The molecule has 0 saturated heterocycles. The van der Waals surface area contributed by atoms with Crippen LogP contribution in [-0.2, 0) is 10.0 Å². The average Bonchev–Trinajstić information content (AvgIpc) is 2.48. The van der Waals surface area contributed by atoms with Crippen molar-refractivity contribution in [1.29, 1.82) is 0 Å². The summed E-state index contributed by atoms with van der Waals surface area (Å²) in [6.07, 6.45) is 0. The molecule has 0 amide bonds. The molecule has 0 unspecified atom stereocenters. The third-order valence-electron chi connectivity index (χ3n) is 2.54. The van der Waals surface area contributed by atoms with Crippen molar-refractivity contribution in [2.75, 3.05) is 7.05 Å². The van der Waals surface area contributed by atoms with Crippen LogP contribution in [0.2, 0.25) is 0 Å². The summed E-state index contributed by atoms with van der Waals surface area (Å²) in [5.74, 6) is 0.418. The molecule has 0 aliphatic carbocycles. The van der Waals surface area contributed by atoms with Gasteiger partial charge in [-0.1, -0.05) is 18.2 Å². The van der Waals surface area contributed by atoms with E-state index in [4.69, 9.17) is 4.18 Å². The van der Waals surface area contributed by atoms with Crippen LogP contribution in [0, 0.1) is 10.1 Å². The predicted molar refractivity (Wildman–Crippen MR) is 74.9 cm³/mol.